The van der Waals surface area contributed by atoms with Gasteiger partial charge >= 0.3 is 0 Å². The predicted octanol–water partition coefficient (Wildman–Crippen LogP) is 4.47. The Bertz CT molecular complexity index is 516. The van der Waals surface area contributed by atoms with E-state index in [2.05, 4.69) is 6.07 Å². The van der Waals surface area contributed by atoms with Crippen molar-refractivity contribution in [1.82, 2.24) is 0 Å². The number of alkyl halides is 1. The van der Waals surface area contributed by atoms with Gasteiger partial charge in [0.25, 0.3) is 0 Å². The third-order valence-electron chi connectivity index (χ3n) is 5.13. The minimum absolute atomic E-state index is 0.291. The van der Waals surface area contributed by atoms with Crippen LogP contribution in [0.5, 0.6) is 5.75 Å². The Morgan fingerprint density at radius 2 is 2.05 bits per heavy atom. The molecule has 2 unspecified atom stereocenters. The van der Waals surface area contributed by atoms with Crippen LogP contribution in [0, 0.1) is 17.3 Å². The van der Waals surface area contributed by atoms with E-state index in [9.17, 15) is 0 Å². The minimum Gasteiger partial charge on any atom is -0.493 e. The molecular formula is C16H18Cl2O. The first-order valence-corrected chi connectivity index (χ1v) is 8.10. The molecule has 1 aliphatic heterocycles. The quantitative estimate of drug-likeness (QED) is 0.748. The zero-order chi connectivity index (χ0) is 13.0. The third kappa shape index (κ3) is 2.06. The zero-order valence-corrected chi connectivity index (χ0v) is 12.4. The van der Waals surface area contributed by atoms with Crippen molar-refractivity contribution in [2.45, 2.75) is 32.1 Å². The second-order valence-electron chi connectivity index (χ2n) is 6.63. The molecule has 2 fully saturated rings. The maximum absolute atomic E-state index is 6.32. The summed E-state index contributed by atoms with van der Waals surface area (Å²) in [6.45, 7) is 0.793. The van der Waals surface area contributed by atoms with Gasteiger partial charge in [0, 0.05) is 17.3 Å². The molecule has 2 aliphatic carbocycles. The zero-order valence-electron chi connectivity index (χ0n) is 10.9. The van der Waals surface area contributed by atoms with E-state index >= 15 is 0 Å². The van der Waals surface area contributed by atoms with Gasteiger partial charge in [0.05, 0.1) is 6.61 Å². The van der Waals surface area contributed by atoms with Gasteiger partial charge in [-0.25, -0.2) is 0 Å². The molecule has 102 valence electrons. The first kappa shape index (κ1) is 12.3. The molecule has 3 heteroatoms. The highest BCUT2D eigenvalue weighted by molar-refractivity contribution is 6.30. The van der Waals surface area contributed by atoms with Crippen molar-refractivity contribution in [3.63, 3.8) is 0 Å². The average Bonchev–Trinajstić information content (AvgIpc) is 2.82. The van der Waals surface area contributed by atoms with E-state index < -0.39 is 0 Å². The standard InChI is InChI=1S/C16H18Cl2O/c17-9-16(6-11-3-12(11)7-16)8-13-5-14(18)4-10-1-2-19-15(10)13/h4-5,11-12H,1-3,6-9H2. The minimum atomic E-state index is 0.291. The molecule has 1 heterocycles. The molecule has 2 saturated carbocycles. The number of hydrogen-bond donors (Lipinski definition) is 0. The fourth-order valence-corrected chi connectivity index (χ4v) is 4.76. The van der Waals surface area contributed by atoms with E-state index in [1.54, 1.807) is 0 Å². The topological polar surface area (TPSA) is 9.23 Å². The van der Waals surface area contributed by atoms with Crippen LogP contribution in [0.4, 0.5) is 0 Å². The lowest BCUT2D eigenvalue weighted by Gasteiger charge is -2.29. The summed E-state index contributed by atoms with van der Waals surface area (Å²) in [5, 5.41) is 0.840. The van der Waals surface area contributed by atoms with Gasteiger partial charge in [-0.15, -0.1) is 11.6 Å². The van der Waals surface area contributed by atoms with Gasteiger partial charge in [0.15, 0.2) is 0 Å². The fourth-order valence-electron chi connectivity index (χ4n) is 4.19. The molecular weight excluding hydrogens is 279 g/mol. The maximum atomic E-state index is 6.32. The van der Waals surface area contributed by atoms with Crippen molar-refractivity contribution >= 4 is 23.2 Å². The number of benzene rings is 1. The van der Waals surface area contributed by atoms with Gasteiger partial charge in [-0.2, -0.15) is 0 Å². The van der Waals surface area contributed by atoms with Crippen LogP contribution in [0.1, 0.15) is 30.4 Å². The molecule has 0 saturated heterocycles. The van der Waals surface area contributed by atoms with Crippen molar-refractivity contribution in [3.8, 4) is 5.75 Å². The smallest absolute Gasteiger partial charge is 0.125 e. The molecule has 19 heavy (non-hydrogen) atoms. The van der Waals surface area contributed by atoms with E-state index in [0.717, 1.165) is 47.9 Å². The Morgan fingerprint density at radius 3 is 2.79 bits per heavy atom. The summed E-state index contributed by atoms with van der Waals surface area (Å²) in [5.74, 6) is 3.76. The molecule has 0 bridgehead atoms. The predicted molar refractivity (Wildman–Crippen MR) is 78.3 cm³/mol. The Morgan fingerprint density at radius 1 is 1.26 bits per heavy atom. The third-order valence-corrected chi connectivity index (χ3v) is 5.92. The van der Waals surface area contributed by atoms with Crippen LogP contribution in [0.2, 0.25) is 5.02 Å². The van der Waals surface area contributed by atoms with Crippen molar-refractivity contribution in [2.24, 2.45) is 17.3 Å². The molecule has 0 N–H and O–H groups in total. The van der Waals surface area contributed by atoms with Crippen LogP contribution in [0.3, 0.4) is 0 Å². The largest absolute Gasteiger partial charge is 0.493 e. The van der Waals surface area contributed by atoms with Crippen LogP contribution in [0.25, 0.3) is 0 Å². The normalized spacial score (nSPS) is 34.8. The van der Waals surface area contributed by atoms with Crippen LogP contribution in [0.15, 0.2) is 12.1 Å². The van der Waals surface area contributed by atoms with Crippen molar-refractivity contribution in [3.05, 3.63) is 28.3 Å². The molecule has 0 radical (unpaired) electrons. The van der Waals surface area contributed by atoms with Crippen LogP contribution in [-0.4, -0.2) is 12.5 Å². The van der Waals surface area contributed by atoms with Crippen molar-refractivity contribution in [1.29, 1.82) is 0 Å². The second-order valence-corrected chi connectivity index (χ2v) is 7.33. The molecule has 1 aromatic carbocycles. The van der Waals surface area contributed by atoms with E-state index in [4.69, 9.17) is 27.9 Å². The first-order chi connectivity index (χ1) is 9.19. The number of rotatable bonds is 3. The van der Waals surface area contributed by atoms with Gasteiger partial charge in [-0.3, -0.25) is 0 Å². The van der Waals surface area contributed by atoms with Gasteiger partial charge in [0.1, 0.15) is 5.75 Å². The molecule has 4 rings (SSSR count). The molecule has 0 amide bonds. The van der Waals surface area contributed by atoms with Gasteiger partial charge in [0.2, 0.25) is 0 Å². The highest BCUT2D eigenvalue weighted by Gasteiger charge is 2.53. The molecule has 1 nitrogen and oxygen atoms in total. The lowest BCUT2D eigenvalue weighted by atomic mass is 9.79. The fraction of sp³-hybridized carbons (Fsp3) is 0.625. The first-order valence-electron chi connectivity index (χ1n) is 7.19. The van der Waals surface area contributed by atoms with E-state index in [-0.39, 0.29) is 0 Å². The number of hydrogen-bond acceptors (Lipinski definition) is 1. The Kier molecular flexibility index (Phi) is 2.79. The number of ether oxygens (including phenoxy) is 1. The van der Waals surface area contributed by atoms with Crippen LogP contribution < -0.4 is 4.74 Å². The summed E-state index contributed by atoms with van der Waals surface area (Å²) in [7, 11) is 0. The van der Waals surface area contributed by atoms with E-state index in [1.165, 1.54) is 30.4 Å². The highest BCUT2D eigenvalue weighted by Crippen LogP contribution is 2.61. The van der Waals surface area contributed by atoms with Crippen LogP contribution in [-0.2, 0) is 12.8 Å². The van der Waals surface area contributed by atoms with Crippen LogP contribution >= 0.6 is 23.2 Å². The maximum Gasteiger partial charge on any atom is 0.125 e. The average molecular weight is 297 g/mol. The summed E-state index contributed by atoms with van der Waals surface area (Å²) in [5.41, 5.74) is 2.84. The van der Waals surface area contributed by atoms with E-state index in [0.29, 0.717) is 5.41 Å². The molecule has 3 aliphatic rings. The number of fused-ring (bicyclic) bond motifs is 2. The second kappa shape index (κ2) is 4.30. The van der Waals surface area contributed by atoms with Gasteiger partial charge in [-0.1, -0.05) is 11.6 Å². The van der Waals surface area contributed by atoms with Gasteiger partial charge < -0.3 is 4.74 Å². The monoisotopic (exact) mass is 296 g/mol. The summed E-state index contributed by atoms with van der Waals surface area (Å²) in [6, 6.07) is 4.14. The summed E-state index contributed by atoms with van der Waals surface area (Å²) >= 11 is 12.6. The molecule has 1 aromatic rings. The molecule has 0 aromatic heterocycles. The summed E-state index contributed by atoms with van der Waals surface area (Å²) in [4.78, 5) is 0. The lowest BCUT2D eigenvalue weighted by Crippen LogP contribution is -2.24. The summed E-state index contributed by atoms with van der Waals surface area (Å²) < 4.78 is 5.82. The van der Waals surface area contributed by atoms with Gasteiger partial charge in [-0.05, 0) is 66.2 Å². The molecule has 0 spiro atoms. The van der Waals surface area contributed by atoms with E-state index in [1.807, 2.05) is 6.07 Å². The number of halogens is 2. The lowest BCUT2D eigenvalue weighted by molar-refractivity contribution is 0.294. The Labute approximate surface area is 124 Å². The Balaban J connectivity index is 1.66. The highest BCUT2D eigenvalue weighted by atomic mass is 35.5. The SMILES string of the molecule is ClCC1(Cc2cc(Cl)cc3c2OCC3)CC2CC2C1. The van der Waals surface area contributed by atoms with Crippen molar-refractivity contribution in [2.75, 3.05) is 12.5 Å². The molecule has 2 atom stereocenters. The summed E-state index contributed by atoms with van der Waals surface area (Å²) in [6.07, 6.45) is 6.04. The van der Waals surface area contributed by atoms with Crippen molar-refractivity contribution < 1.29 is 4.74 Å². The Hall–Kier alpha value is -0.400.